The molecule has 7 heteroatoms. The van der Waals surface area contributed by atoms with Crippen LogP contribution in [0.2, 0.25) is 0 Å². The molecule has 0 aliphatic carbocycles. The molecule has 3 aromatic rings. The van der Waals surface area contributed by atoms with Gasteiger partial charge >= 0.3 is 0 Å². The van der Waals surface area contributed by atoms with E-state index >= 15 is 0 Å². The second-order valence-electron chi connectivity index (χ2n) is 6.95. The summed E-state index contributed by atoms with van der Waals surface area (Å²) < 4.78 is 7.65. The lowest BCUT2D eigenvalue weighted by Crippen LogP contribution is -2.14. The van der Waals surface area contributed by atoms with Crippen LogP contribution in [-0.4, -0.2) is 32.5 Å². The maximum Gasteiger partial charge on any atom is 0.234 e. The Bertz CT molecular complexity index is 967. The van der Waals surface area contributed by atoms with E-state index in [1.807, 2.05) is 61.7 Å². The Morgan fingerprint density at radius 1 is 1.17 bits per heavy atom. The molecule has 0 saturated carbocycles. The summed E-state index contributed by atoms with van der Waals surface area (Å²) in [5.41, 5.74) is 2.94. The van der Waals surface area contributed by atoms with Gasteiger partial charge in [-0.25, -0.2) is 0 Å². The molecule has 0 atom stereocenters. The standard InChI is InChI=1S/C22H26N4O2S/c1-5-26-21(17-8-6-7-16(4)13-17)24-25-22(26)29-14-20(27)23-18-9-11-19(12-10-18)28-15(2)3/h6-13,15H,5,14H2,1-4H3,(H,23,27). The normalized spacial score (nSPS) is 10.9. The first kappa shape index (κ1) is 20.9. The van der Waals surface area contributed by atoms with E-state index in [0.29, 0.717) is 0 Å². The summed E-state index contributed by atoms with van der Waals surface area (Å²) in [7, 11) is 0. The van der Waals surface area contributed by atoms with E-state index in [4.69, 9.17) is 4.74 Å². The minimum Gasteiger partial charge on any atom is -0.491 e. The molecule has 6 nitrogen and oxygen atoms in total. The van der Waals surface area contributed by atoms with Crippen LogP contribution in [0.5, 0.6) is 5.75 Å². The average Bonchev–Trinajstić information content (AvgIpc) is 3.10. The van der Waals surface area contributed by atoms with Crippen LogP contribution in [0.1, 0.15) is 26.3 Å². The van der Waals surface area contributed by atoms with Gasteiger partial charge < -0.3 is 14.6 Å². The van der Waals surface area contributed by atoms with Gasteiger partial charge in [-0.3, -0.25) is 4.79 Å². The van der Waals surface area contributed by atoms with Gasteiger partial charge in [0.1, 0.15) is 5.75 Å². The van der Waals surface area contributed by atoms with Crippen molar-refractivity contribution in [2.24, 2.45) is 0 Å². The van der Waals surface area contributed by atoms with Gasteiger partial charge in [-0.05, 0) is 58.0 Å². The minimum absolute atomic E-state index is 0.0877. The van der Waals surface area contributed by atoms with E-state index in [9.17, 15) is 4.79 Å². The van der Waals surface area contributed by atoms with Gasteiger partial charge in [0, 0.05) is 17.8 Å². The van der Waals surface area contributed by atoms with Crippen LogP contribution in [0.3, 0.4) is 0 Å². The number of carbonyl (C=O) groups excluding carboxylic acids is 1. The summed E-state index contributed by atoms with van der Waals surface area (Å²) in [6.07, 6.45) is 0.118. The van der Waals surface area contributed by atoms with E-state index in [2.05, 4.69) is 34.6 Å². The van der Waals surface area contributed by atoms with E-state index in [0.717, 1.165) is 34.5 Å². The van der Waals surface area contributed by atoms with E-state index in [-0.39, 0.29) is 17.8 Å². The minimum atomic E-state index is -0.0877. The molecule has 0 saturated heterocycles. The predicted molar refractivity (Wildman–Crippen MR) is 117 cm³/mol. The van der Waals surface area contributed by atoms with Crippen LogP contribution in [0.4, 0.5) is 5.69 Å². The number of aryl methyl sites for hydroxylation is 1. The summed E-state index contributed by atoms with van der Waals surface area (Å²) in [5.74, 6) is 1.78. The molecule has 1 N–H and O–H groups in total. The third-order valence-electron chi connectivity index (χ3n) is 4.15. The SMILES string of the molecule is CCn1c(SCC(=O)Nc2ccc(OC(C)C)cc2)nnc1-c1cccc(C)c1. The predicted octanol–water partition coefficient (Wildman–Crippen LogP) is 4.79. The third kappa shape index (κ3) is 5.60. The second kappa shape index (κ2) is 9.60. The topological polar surface area (TPSA) is 69.0 Å². The fourth-order valence-electron chi connectivity index (χ4n) is 2.89. The number of nitrogens with one attached hydrogen (secondary N) is 1. The fourth-order valence-corrected chi connectivity index (χ4v) is 3.70. The highest BCUT2D eigenvalue weighted by atomic mass is 32.2. The molecule has 0 aliphatic rings. The Balaban J connectivity index is 1.62. The number of nitrogens with zero attached hydrogens (tertiary/aromatic N) is 3. The quantitative estimate of drug-likeness (QED) is 0.541. The van der Waals surface area contributed by atoms with Crippen LogP contribution in [0.25, 0.3) is 11.4 Å². The molecule has 0 aliphatic heterocycles. The number of amides is 1. The number of hydrogen-bond acceptors (Lipinski definition) is 5. The highest BCUT2D eigenvalue weighted by Crippen LogP contribution is 2.25. The average molecular weight is 411 g/mol. The molecule has 1 aromatic heterocycles. The molecule has 1 amide bonds. The molecule has 0 spiro atoms. The van der Waals surface area contributed by atoms with E-state index in [1.165, 1.54) is 17.3 Å². The summed E-state index contributed by atoms with van der Waals surface area (Å²) in [4.78, 5) is 12.3. The van der Waals surface area contributed by atoms with Gasteiger partial charge in [-0.2, -0.15) is 0 Å². The number of rotatable bonds is 8. The highest BCUT2D eigenvalue weighted by Gasteiger charge is 2.15. The molecule has 1 heterocycles. The van der Waals surface area contributed by atoms with Crippen LogP contribution < -0.4 is 10.1 Å². The second-order valence-corrected chi connectivity index (χ2v) is 7.89. The highest BCUT2D eigenvalue weighted by molar-refractivity contribution is 7.99. The summed E-state index contributed by atoms with van der Waals surface area (Å²) >= 11 is 1.38. The van der Waals surface area contributed by atoms with Crippen molar-refractivity contribution in [2.75, 3.05) is 11.1 Å². The fraction of sp³-hybridized carbons (Fsp3) is 0.318. The van der Waals surface area contributed by atoms with Crippen molar-refractivity contribution in [3.8, 4) is 17.1 Å². The number of anilines is 1. The molecule has 2 aromatic carbocycles. The summed E-state index contributed by atoms with van der Waals surface area (Å²) in [6, 6.07) is 15.6. The first-order valence-corrected chi connectivity index (χ1v) is 10.6. The Labute approximate surface area is 175 Å². The molecule has 3 rings (SSSR count). The molecule has 0 unspecified atom stereocenters. The van der Waals surface area contributed by atoms with Gasteiger partial charge in [0.2, 0.25) is 5.91 Å². The van der Waals surface area contributed by atoms with Gasteiger partial charge in [-0.1, -0.05) is 35.5 Å². The van der Waals surface area contributed by atoms with Crippen LogP contribution in [0, 0.1) is 6.92 Å². The van der Waals surface area contributed by atoms with E-state index < -0.39 is 0 Å². The first-order valence-electron chi connectivity index (χ1n) is 9.66. The van der Waals surface area contributed by atoms with Crippen LogP contribution in [0.15, 0.2) is 53.7 Å². The van der Waals surface area contributed by atoms with Gasteiger partial charge in [-0.15, -0.1) is 10.2 Å². The smallest absolute Gasteiger partial charge is 0.234 e. The molecule has 0 fully saturated rings. The summed E-state index contributed by atoms with van der Waals surface area (Å²) in [6.45, 7) is 8.79. The van der Waals surface area contributed by atoms with Crippen molar-refractivity contribution in [3.63, 3.8) is 0 Å². The van der Waals surface area contributed by atoms with Crippen LogP contribution >= 0.6 is 11.8 Å². The third-order valence-corrected chi connectivity index (χ3v) is 5.12. The zero-order chi connectivity index (χ0) is 20.8. The van der Waals surface area contributed by atoms with Crippen molar-refractivity contribution in [1.82, 2.24) is 14.8 Å². The van der Waals surface area contributed by atoms with Gasteiger partial charge in [0.15, 0.2) is 11.0 Å². The molecule has 29 heavy (non-hydrogen) atoms. The zero-order valence-electron chi connectivity index (χ0n) is 17.2. The lowest BCUT2D eigenvalue weighted by Gasteiger charge is -2.11. The Hall–Kier alpha value is -2.80. The first-order chi connectivity index (χ1) is 14.0. The molecule has 152 valence electrons. The maximum absolute atomic E-state index is 12.3. The Kier molecular flexibility index (Phi) is 6.93. The largest absolute Gasteiger partial charge is 0.491 e. The lowest BCUT2D eigenvalue weighted by atomic mass is 10.1. The number of benzene rings is 2. The number of ether oxygens (including phenoxy) is 1. The van der Waals surface area contributed by atoms with Gasteiger partial charge in [0.25, 0.3) is 0 Å². The zero-order valence-corrected chi connectivity index (χ0v) is 18.0. The molecule has 0 bridgehead atoms. The van der Waals surface area contributed by atoms with Crippen molar-refractivity contribution < 1.29 is 9.53 Å². The van der Waals surface area contributed by atoms with Crippen molar-refractivity contribution >= 4 is 23.4 Å². The summed E-state index contributed by atoms with van der Waals surface area (Å²) in [5, 5.41) is 12.3. The maximum atomic E-state index is 12.3. The Morgan fingerprint density at radius 3 is 2.59 bits per heavy atom. The monoisotopic (exact) mass is 410 g/mol. The molecule has 0 radical (unpaired) electrons. The Morgan fingerprint density at radius 2 is 1.93 bits per heavy atom. The number of aromatic nitrogens is 3. The van der Waals surface area contributed by atoms with E-state index in [1.54, 1.807) is 0 Å². The molecular formula is C22H26N4O2S. The van der Waals surface area contributed by atoms with Crippen molar-refractivity contribution in [2.45, 2.75) is 45.5 Å². The van der Waals surface area contributed by atoms with Crippen molar-refractivity contribution in [1.29, 1.82) is 0 Å². The number of carbonyl (C=O) groups is 1. The van der Waals surface area contributed by atoms with Crippen LogP contribution in [-0.2, 0) is 11.3 Å². The number of hydrogen-bond donors (Lipinski definition) is 1. The molecular weight excluding hydrogens is 384 g/mol. The number of thioether (sulfide) groups is 1. The lowest BCUT2D eigenvalue weighted by molar-refractivity contribution is -0.113. The van der Waals surface area contributed by atoms with Gasteiger partial charge in [0.05, 0.1) is 11.9 Å². The van der Waals surface area contributed by atoms with Crippen molar-refractivity contribution in [3.05, 3.63) is 54.1 Å².